The Morgan fingerprint density at radius 3 is 2.43 bits per heavy atom. The third kappa shape index (κ3) is 3.79. The van der Waals surface area contributed by atoms with Gasteiger partial charge in [0.15, 0.2) is 0 Å². The summed E-state index contributed by atoms with van der Waals surface area (Å²) in [6, 6.07) is 8.39. The van der Waals surface area contributed by atoms with Crippen LogP contribution in [0.3, 0.4) is 0 Å². The molecule has 0 saturated carbocycles. The number of aliphatic hydroxyl groups is 1. The van der Waals surface area contributed by atoms with E-state index < -0.39 is 0 Å². The Morgan fingerprint density at radius 1 is 1.29 bits per heavy atom. The third-order valence-electron chi connectivity index (χ3n) is 2.09. The lowest BCUT2D eigenvalue weighted by Crippen LogP contribution is -2.15. The number of aliphatic hydroxyl groups excluding tert-OH is 1. The first-order valence-corrected chi connectivity index (χ1v) is 5.23. The fraction of sp³-hybridized carbons (Fsp3) is 0.500. The van der Waals surface area contributed by atoms with Gasteiger partial charge in [-0.3, -0.25) is 0 Å². The average molecular weight is 193 g/mol. The van der Waals surface area contributed by atoms with Crippen molar-refractivity contribution in [2.45, 2.75) is 32.8 Å². The number of anilines is 1. The molecule has 2 N–H and O–H groups in total. The number of nitrogens with one attached hydrogen (secondary N) is 1. The van der Waals surface area contributed by atoms with Crippen LogP contribution in [0.4, 0.5) is 5.69 Å². The van der Waals surface area contributed by atoms with Crippen LogP contribution in [0.1, 0.15) is 25.8 Å². The van der Waals surface area contributed by atoms with E-state index in [2.05, 4.69) is 36.5 Å². The van der Waals surface area contributed by atoms with Crippen LogP contribution in [-0.2, 0) is 6.42 Å². The first kappa shape index (κ1) is 11.1. The molecule has 0 aromatic heterocycles. The van der Waals surface area contributed by atoms with Crippen molar-refractivity contribution < 1.29 is 5.11 Å². The molecule has 1 aromatic rings. The number of hydrogen-bond donors (Lipinski definition) is 2. The van der Waals surface area contributed by atoms with Crippen LogP contribution < -0.4 is 5.32 Å². The standard InChI is InChI=1S/C12H19NO/c1-3-4-11-5-7-12(8-6-11)13-9-10(2)14/h5-8,10,13-14H,3-4,9H2,1-2H3. The molecule has 78 valence electrons. The number of rotatable bonds is 5. The Balaban J connectivity index is 2.46. The molecule has 0 heterocycles. The zero-order valence-corrected chi connectivity index (χ0v) is 8.96. The molecule has 0 spiro atoms. The van der Waals surface area contributed by atoms with Crippen molar-refractivity contribution in [3.63, 3.8) is 0 Å². The maximum absolute atomic E-state index is 9.09. The molecule has 0 aliphatic rings. The maximum Gasteiger partial charge on any atom is 0.0684 e. The Bertz CT molecular complexity index is 254. The van der Waals surface area contributed by atoms with Crippen molar-refractivity contribution in [3.05, 3.63) is 29.8 Å². The highest BCUT2D eigenvalue weighted by atomic mass is 16.3. The van der Waals surface area contributed by atoms with Gasteiger partial charge in [-0.15, -0.1) is 0 Å². The van der Waals surface area contributed by atoms with E-state index in [-0.39, 0.29) is 6.10 Å². The summed E-state index contributed by atoms with van der Waals surface area (Å²) in [5.74, 6) is 0. The minimum Gasteiger partial charge on any atom is -0.392 e. The van der Waals surface area contributed by atoms with Crippen LogP contribution in [0.5, 0.6) is 0 Å². The van der Waals surface area contributed by atoms with E-state index in [0.29, 0.717) is 6.54 Å². The highest BCUT2D eigenvalue weighted by Gasteiger charge is 1.96. The topological polar surface area (TPSA) is 32.3 Å². The van der Waals surface area contributed by atoms with Crippen molar-refractivity contribution in [2.75, 3.05) is 11.9 Å². The van der Waals surface area contributed by atoms with E-state index in [0.717, 1.165) is 12.1 Å². The number of hydrogen-bond acceptors (Lipinski definition) is 2. The molecular formula is C12H19NO. The largest absolute Gasteiger partial charge is 0.392 e. The van der Waals surface area contributed by atoms with E-state index in [1.807, 2.05) is 0 Å². The first-order chi connectivity index (χ1) is 6.72. The maximum atomic E-state index is 9.09. The molecule has 0 radical (unpaired) electrons. The molecule has 0 aliphatic heterocycles. The summed E-state index contributed by atoms with van der Waals surface area (Å²) in [6.07, 6.45) is 2.02. The fourth-order valence-electron chi connectivity index (χ4n) is 1.34. The van der Waals surface area contributed by atoms with Gasteiger partial charge in [0.2, 0.25) is 0 Å². The van der Waals surface area contributed by atoms with E-state index in [1.54, 1.807) is 6.92 Å². The Morgan fingerprint density at radius 2 is 1.93 bits per heavy atom. The van der Waals surface area contributed by atoms with Crippen LogP contribution >= 0.6 is 0 Å². The molecule has 1 atom stereocenters. The summed E-state index contributed by atoms with van der Waals surface area (Å²) >= 11 is 0. The molecule has 1 rings (SSSR count). The van der Waals surface area contributed by atoms with Crippen LogP contribution in [0.2, 0.25) is 0 Å². The lowest BCUT2D eigenvalue weighted by atomic mass is 10.1. The quantitative estimate of drug-likeness (QED) is 0.752. The molecular weight excluding hydrogens is 174 g/mol. The van der Waals surface area contributed by atoms with Gasteiger partial charge in [0, 0.05) is 12.2 Å². The SMILES string of the molecule is CCCc1ccc(NCC(C)O)cc1. The normalized spacial score (nSPS) is 12.5. The lowest BCUT2D eigenvalue weighted by molar-refractivity contribution is 0.208. The monoisotopic (exact) mass is 193 g/mol. The lowest BCUT2D eigenvalue weighted by Gasteiger charge is -2.08. The number of benzene rings is 1. The molecule has 14 heavy (non-hydrogen) atoms. The zero-order valence-electron chi connectivity index (χ0n) is 8.96. The second kappa shape index (κ2) is 5.66. The highest BCUT2D eigenvalue weighted by molar-refractivity contribution is 5.44. The fourth-order valence-corrected chi connectivity index (χ4v) is 1.34. The smallest absolute Gasteiger partial charge is 0.0684 e. The first-order valence-electron chi connectivity index (χ1n) is 5.23. The average Bonchev–Trinajstić information content (AvgIpc) is 2.17. The van der Waals surface area contributed by atoms with Crippen molar-refractivity contribution in [1.29, 1.82) is 0 Å². The van der Waals surface area contributed by atoms with Crippen LogP contribution in [0, 0.1) is 0 Å². The van der Waals surface area contributed by atoms with E-state index in [1.165, 1.54) is 12.0 Å². The van der Waals surface area contributed by atoms with Gasteiger partial charge in [-0.05, 0) is 31.0 Å². The molecule has 0 amide bonds. The molecule has 0 bridgehead atoms. The predicted molar refractivity (Wildman–Crippen MR) is 60.6 cm³/mol. The van der Waals surface area contributed by atoms with Crippen molar-refractivity contribution >= 4 is 5.69 Å². The van der Waals surface area contributed by atoms with E-state index in [4.69, 9.17) is 5.11 Å². The Labute approximate surface area is 86.0 Å². The minimum atomic E-state index is -0.301. The molecule has 0 fully saturated rings. The van der Waals surface area contributed by atoms with Gasteiger partial charge in [0.05, 0.1) is 6.10 Å². The summed E-state index contributed by atoms with van der Waals surface area (Å²) in [4.78, 5) is 0. The Kier molecular flexibility index (Phi) is 4.47. The van der Waals surface area contributed by atoms with Gasteiger partial charge in [-0.25, -0.2) is 0 Å². The van der Waals surface area contributed by atoms with E-state index in [9.17, 15) is 0 Å². The number of aryl methyl sites for hydroxylation is 1. The Hall–Kier alpha value is -1.02. The second-order valence-corrected chi connectivity index (χ2v) is 3.68. The summed E-state index contributed by atoms with van der Waals surface area (Å²) < 4.78 is 0. The van der Waals surface area contributed by atoms with Crippen molar-refractivity contribution in [2.24, 2.45) is 0 Å². The molecule has 0 aliphatic carbocycles. The summed E-state index contributed by atoms with van der Waals surface area (Å²) in [6.45, 7) is 4.56. The van der Waals surface area contributed by atoms with E-state index >= 15 is 0 Å². The summed E-state index contributed by atoms with van der Waals surface area (Å²) in [7, 11) is 0. The van der Waals surface area contributed by atoms with Crippen LogP contribution in [-0.4, -0.2) is 17.8 Å². The van der Waals surface area contributed by atoms with Gasteiger partial charge in [0.1, 0.15) is 0 Å². The van der Waals surface area contributed by atoms with Crippen molar-refractivity contribution in [3.8, 4) is 0 Å². The highest BCUT2D eigenvalue weighted by Crippen LogP contribution is 2.10. The van der Waals surface area contributed by atoms with Gasteiger partial charge in [0.25, 0.3) is 0 Å². The molecule has 2 heteroatoms. The molecule has 1 unspecified atom stereocenters. The summed E-state index contributed by atoms with van der Waals surface area (Å²) in [5, 5.41) is 12.3. The van der Waals surface area contributed by atoms with Crippen LogP contribution in [0.15, 0.2) is 24.3 Å². The molecule has 1 aromatic carbocycles. The van der Waals surface area contributed by atoms with Crippen LogP contribution in [0.25, 0.3) is 0 Å². The van der Waals surface area contributed by atoms with Crippen molar-refractivity contribution in [1.82, 2.24) is 0 Å². The predicted octanol–water partition coefficient (Wildman–Crippen LogP) is 2.43. The van der Waals surface area contributed by atoms with Gasteiger partial charge in [-0.2, -0.15) is 0 Å². The molecule has 2 nitrogen and oxygen atoms in total. The van der Waals surface area contributed by atoms with Gasteiger partial charge >= 0.3 is 0 Å². The summed E-state index contributed by atoms with van der Waals surface area (Å²) in [5.41, 5.74) is 2.45. The zero-order chi connectivity index (χ0) is 10.4. The second-order valence-electron chi connectivity index (χ2n) is 3.68. The van der Waals surface area contributed by atoms with Gasteiger partial charge in [-0.1, -0.05) is 25.5 Å². The van der Waals surface area contributed by atoms with Gasteiger partial charge < -0.3 is 10.4 Å². The third-order valence-corrected chi connectivity index (χ3v) is 2.09. The molecule has 0 saturated heterocycles. The minimum absolute atomic E-state index is 0.301.